The fourth-order valence-electron chi connectivity index (χ4n) is 1.27. The first-order valence-electron chi connectivity index (χ1n) is 11.2. The first kappa shape index (κ1) is 43.8. The zero-order valence-electron chi connectivity index (χ0n) is 24.9. The maximum Gasteiger partial charge on any atom is 4.00 e. The maximum atomic E-state index is 9.59. The van der Waals surface area contributed by atoms with Gasteiger partial charge in [0.25, 0.3) is 0 Å². The third-order valence-corrected chi connectivity index (χ3v) is 3.72. The molecule has 0 aliphatic carbocycles. The number of hydrogen-bond acceptors (Lipinski definition) is 4. The quantitative estimate of drug-likeness (QED) is 0.126. The van der Waals surface area contributed by atoms with Crippen molar-refractivity contribution in [1.82, 2.24) is 0 Å². The van der Waals surface area contributed by atoms with E-state index in [1.54, 1.807) is 55.9 Å². The molecule has 0 amide bonds. The van der Waals surface area contributed by atoms with Gasteiger partial charge in [-0.15, -0.1) is 10.8 Å². The van der Waals surface area contributed by atoms with E-state index in [0.29, 0.717) is 0 Å². The molecule has 0 atom stereocenters. The topological polar surface area (TPSA) is 109 Å². The van der Waals surface area contributed by atoms with Crippen LogP contribution in [0.2, 0.25) is 0 Å². The number of rotatable bonds is 4. The second-order valence-corrected chi connectivity index (χ2v) is 11.4. The Bertz CT molecular complexity index is 538. The fourth-order valence-corrected chi connectivity index (χ4v) is 1.27. The first-order valence-corrected chi connectivity index (χ1v) is 11.2. The molecular weight excluding hydrogens is 476 g/mol. The van der Waals surface area contributed by atoms with E-state index >= 15 is 0 Å². The number of nitrogens with zero attached hydrogens (tertiary/aromatic N) is 2. The summed E-state index contributed by atoms with van der Waals surface area (Å²) in [4.78, 5) is 0. The predicted octanol–water partition coefficient (Wildman–Crippen LogP) is 8.79. The summed E-state index contributed by atoms with van der Waals surface area (Å²) in [5, 5.41) is 45.3. The molecule has 204 valence electrons. The second-order valence-electron chi connectivity index (χ2n) is 11.4. The van der Waals surface area contributed by atoms with Gasteiger partial charge >= 0.3 is 21.7 Å². The van der Waals surface area contributed by atoms with Crippen molar-refractivity contribution in [2.45, 2.75) is 69.2 Å². The van der Waals surface area contributed by atoms with E-state index in [9.17, 15) is 20.4 Å². The molecule has 0 spiro atoms. The number of allylic oxidation sites excluding steroid dienone is 8. The van der Waals surface area contributed by atoms with Gasteiger partial charge in [0.1, 0.15) is 0 Å². The molecule has 0 aliphatic heterocycles. The first-order chi connectivity index (χ1) is 14.9. The Morgan fingerprint density at radius 2 is 0.629 bits per heavy atom. The summed E-state index contributed by atoms with van der Waals surface area (Å²) in [5.41, 5.74) is -1.62. The zero-order valence-corrected chi connectivity index (χ0v) is 26.5. The summed E-state index contributed by atoms with van der Waals surface area (Å²) in [5.74, 6) is 0.809. The Morgan fingerprint density at radius 3 is 0.743 bits per heavy atom. The van der Waals surface area contributed by atoms with Crippen LogP contribution in [0, 0.1) is 35.5 Å². The summed E-state index contributed by atoms with van der Waals surface area (Å²) in [6.07, 6.45) is 6.02. The summed E-state index contributed by atoms with van der Waals surface area (Å²) >= 11 is 0. The van der Waals surface area contributed by atoms with Crippen LogP contribution in [0.3, 0.4) is 0 Å². The number of aliphatic hydroxyl groups excluding tert-OH is 4. The van der Waals surface area contributed by atoms with E-state index in [4.69, 9.17) is 0 Å². The molecular formula is C28H54N2O4Ti. The van der Waals surface area contributed by atoms with Crippen molar-refractivity contribution in [3.63, 3.8) is 0 Å². The van der Waals surface area contributed by atoms with Crippen LogP contribution in [-0.4, -0.2) is 48.6 Å². The minimum atomic E-state index is -0.519. The normalized spacial score (nSPS) is 13.7. The van der Waals surface area contributed by atoms with Gasteiger partial charge in [0, 0.05) is 10.8 Å². The SMILES string of the molecule is C[N-]C.C[N-]C.[CH2-]C(C)(C)C(O)=CC=C(O)C(C)(C)C.[CH2-]C(C)(C)C(O)=CC=C(O)C(C)(C)C.[Ti+4]. The van der Waals surface area contributed by atoms with Crippen LogP contribution >= 0.6 is 0 Å². The smallest absolute Gasteiger partial charge is 0.668 e. The van der Waals surface area contributed by atoms with Gasteiger partial charge in [-0.2, -0.15) is 28.2 Å². The van der Waals surface area contributed by atoms with Crippen molar-refractivity contribution in [2.24, 2.45) is 21.7 Å². The Labute approximate surface area is 232 Å². The predicted molar refractivity (Wildman–Crippen MR) is 150 cm³/mol. The van der Waals surface area contributed by atoms with Crippen molar-refractivity contribution in [2.75, 3.05) is 28.2 Å². The minimum absolute atomic E-state index is 0. The van der Waals surface area contributed by atoms with Crippen LogP contribution in [0.15, 0.2) is 47.3 Å². The molecule has 0 saturated carbocycles. The zero-order chi connectivity index (χ0) is 28.6. The molecule has 0 aromatic heterocycles. The van der Waals surface area contributed by atoms with Crippen LogP contribution in [-0.2, 0) is 21.7 Å². The average molecular weight is 531 g/mol. The standard InChI is InChI=1S/2C12H21O2.2C2H6N.Ti/c2*1-11(2,3)9(13)7-8-10(14)12(4,5)6;2*1-3-2;/h2*7-8,13-14H,1H2,2-6H3;2*1-2H3;/q4*-1;+4. The Balaban J connectivity index is -0.000000136. The van der Waals surface area contributed by atoms with Crippen LogP contribution in [0.25, 0.3) is 10.6 Å². The molecule has 0 aromatic rings. The monoisotopic (exact) mass is 530 g/mol. The van der Waals surface area contributed by atoms with Crippen molar-refractivity contribution >= 4 is 0 Å². The van der Waals surface area contributed by atoms with E-state index in [1.165, 1.54) is 24.3 Å². The van der Waals surface area contributed by atoms with Gasteiger partial charge in [-0.1, -0.05) is 69.2 Å². The molecule has 0 aromatic carbocycles. The van der Waals surface area contributed by atoms with Gasteiger partial charge < -0.3 is 44.9 Å². The number of aliphatic hydroxyl groups is 4. The average Bonchev–Trinajstić information content (AvgIpc) is 2.62. The van der Waals surface area contributed by atoms with Gasteiger partial charge in [-0.3, -0.25) is 0 Å². The third-order valence-electron chi connectivity index (χ3n) is 3.72. The fraction of sp³-hybridized carbons (Fsp3) is 0.643. The molecule has 0 unspecified atom stereocenters. The third kappa shape index (κ3) is 28.9. The van der Waals surface area contributed by atoms with Gasteiger partial charge in [0.15, 0.2) is 0 Å². The van der Waals surface area contributed by atoms with Gasteiger partial charge in [-0.05, 0) is 24.3 Å². The van der Waals surface area contributed by atoms with Gasteiger partial charge in [-0.25, -0.2) is 0 Å². The van der Waals surface area contributed by atoms with Gasteiger partial charge in [0.05, 0.1) is 23.0 Å². The van der Waals surface area contributed by atoms with E-state index in [-0.39, 0.29) is 55.6 Å². The molecule has 0 fully saturated rings. The van der Waals surface area contributed by atoms with Crippen molar-refractivity contribution in [3.05, 3.63) is 71.8 Å². The summed E-state index contributed by atoms with van der Waals surface area (Å²) in [6.45, 7) is 26.2. The number of hydrogen-bond donors (Lipinski definition) is 4. The molecule has 7 heteroatoms. The minimum Gasteiger partial charge on any atom is -0.668 e. The summed E-state index contributed by atoms with van der Waals surface area (Å²) < 4.78 is 0. The van der Waals surface area contributed by atoms with Crippen molar-refractivity contribution < 1.29 is 42.1 Å². The Morgan fingerprint density at radius 1 is 0.486 bits per heavy atom. The molecule has 0 heterocycles. The second kappa shape index (κ2) is 19.9. The van der Waals surface area contributed by atoms with Crippen LogP contribution < -0.4 is 0 Å². The molecule has 0 radical (unpaired) electrons. The van der Waals surface area contributed by atoms with Crippen LogP contribution in [0.5, 0.6) is 0 Å². The maximum absolute atomic E-state index is 9.59. The molecule has 4 N–H and O–H groups in total. The Hall–Kier alpha value is -1.21. The van der Waals surface area contributed by atoms with Crippen molar-refractivity contribution in [1.29, 1.82) is 0 Å². The van der Waals surface area contributed by atoms with Crippen molar-refractivity contribution in [3.8, 4) is 0 Å². The van der Waals surface area contributed by atoms with E-state index in [1.807, 2.05) is 41.5 Å². The van der Waals surface area contributed by atoms with E-state index < -0.39 is 10.8 Å². The van der Waals surface area contributed by atoms with E-state index in [2.05, 4.69) is 24.5 Å². The van der Waals surface area contributed by atoms with Crippen LogP contribution in [0.4, 0.5) is 0 Å². The molecule has 0 aliphatic rings. The Kier molecular flexibility index (Phi) is 24.9. The molecule has 0 saturated heterocycles. The molecule has 0 rings (SSSR count). The summed E-state index contributed by atoms with van der Waals surface area (Å²) in [7, 11) is 7.00. The van der Waals surface area contributed by atoms with Crippen LogP contribution in [0.1, 0.15) is 69.2 Å². The molecule has 0 bridgehead atoms. The molecule has 6 nitrogen and oxygen atoms in total. The largest absolute Gasteiger partial charge is 4.00 e. The van der Waals surface area contributed by atoms with E-state index in [0.717, 1.165) is 0 Å². The van der Waals surface area contributed by atoms with Gasteiger partial charge in [0.2, 0.25) is 0 Å². The molecule has 35 heavy (non-hydrogen) atoms. The summed E-state index contributed by atoms with van der Waals surface area (Å²) in [6, 6.07) is 0.